The van der Waals surface area contributed by atoms with Gasteiger partial charge in [-0.05, 0) is 44.0 Å². The van der Waals surface area contributed by atoms with Gasteiger partial charge in [0.2, 0.25) is 0 Å². The lowest BCUT2D eigenvalue weighted by atomic mass is 9.98. The minimum Gasteiger partial charge on any atom is -0.466 e. The molecule has 1 aromatic heterocycles. The van der Waals surface area contributed by atoms with E-state index in [1.54, 1.807) is 6.07 Å². The lowest BCUT2D eigenvalue weighted by molar-refractivity contribution is 0.176. The third-order valence-corrected chi connectivity index (χ3v) is 3.65. The first kappa shape index (κ1) is 14.1. The number of aliphatic hydroxyl groups is 1. The lowest BCUT2D eigenvalue weighted by Gasteiger charge is -2.11. The Labute approximate surface area is 116 Å². The monoisotopic (exact) mass is 282 g/mol. The number of aryl methyl sites for hydroxylation is 2. The third-order valence-electron chi connectivity index (χ3n) is 3.36. The standard InChI is InChI=1S/C15H16ClFO2/c1-8-9(2)19-10(3)15(8)14(18)7-11-4-5-13(17)12(16)6-11/h4-6,14,18H,7H2,1-3H3. The molecule has 19 heavy (non-hydrogen) atoms. The maximum atomic E-state index is 13.1. The second kappa shape index (κ2) is 5.35. The molecule has 0 saturated heterocycles. The fourth-order valence-corrected chi connectivity index (χ4v) is 2.49. The van der Waals surface area contributed by atoms with Gasteiger partial charge in [-0.15, -0.1) is 0 Å². The van der Waals surface area contributed by atoms with E-state index in [9.17, 15) is 9.50 Å². The van der Waals surface area contributed by atoms with Crippen molar-refractivity contribution >= 4 is 11.6 Å². The number of hydrogen-bond donors (Lipinski definition) is 1. The van der Waals surface area contributed by atoms with Crippen LogP contribution in [0.5, 0.6) is 0 Å². The van der Waals surface area contributed by atoms with Gasteiger partial charge in [-0.1, -0.05) is 17.7 Å². The lowest BCUT2D eigenvalue weighted by Crippen LogP contribution is -2.04. The molecule has 0 radical (unpaired) electrons. The van der Waals surface area contributed by atoms with Crippen LogP contribution in [0.1, 0.15) is 34.3 Å². The number of hydrogen-bond acceptors (Lipinski definition) is 2. The van der Waals surface area contributed by atoms with Crippen molar-refractivity contribution in [1.82, 2.24) is 0 Å². The molecule has 2 nitrogen and oxygen atoms in total. The van der Waals surface area contributed by atoms with E-state index in [1.807, 2.05) is 20.8 Å². The van der Waals surface area contributed by atoms with Crippen LogP contribution in [0.3, 0.4) is 0 Å². The first-order chi connectivity index (χ1) is 8.90. The highest BCUT2D eigenvalue weighted by Crippen LogP contribution is 2.29. The molecule has 0 bridgehead atoms. The van der Waals surface area contributed by atoms with Crippen molar-refractivity contribution in [3.63, 3.8) is 0 Å². The predicted molar refractivity (Wildman–Crippen MR) is 73.0 cm³/mol. The van der Waals surface area contributed by atoms with Crippen molar-refractivity contribution in [2.75, 3.05) is 0 Å². The van der Waals surface area contributed by atoms with Crippen molar-refractivity contribution in [2.45, 2.75) is 33.3 Å². The summed E-state index contributed by atoms with van der Waals surface area (Å²) in [6, 6.07) is 4.48. The Morgan fingerprint density at radius 3 is 2.47 bits per heavy atom. The highest BCUT2D eigenvalue weighted by Gasteiger charge is 2.19. The summed E-state index contributed by atoms with van der Waals surface area (Å²) >= 11 is 5.73. The summed E-state index contributed by atoms with van der Waals surface area (Å²) in [5, 5.41) is 10.4. The van der Waals surface area contributed by atoms with E-state index in [-0.39, 0.29) is 5.02 Å². The third kappa shape index (κ3) is 2.82. The van der Waals surface area contributed by atoms with Gasteiger partial charge in [-0.25, -0.2) is 4.39 Å². The van der Waals surface area contributed by atoms with Crippen LogP contribution in [-0.2, 0) is 6.42 Å². The number of furan rings is 1. The maximum absolute atomic E-state index is 13.1. The zero-order valence-corrected chi connectivity index (χ0v) is 11.9. The van der Waals surface area contributed by atoms with Gasteiger partial charge in [0.1, 0.15) is 17.3 Å². The molecule has 0 aliphatic rings. The van der Waals surface area contributed by atoms with Gasteiger partial charge in [-0.2, -0.15) is 0 Å². The number of benzene rings is 1. The summed E-state index contributed by atoms with van der Waals surface area (Å²) in [6.07, 6.45) is -0.306. The molecular formula is C15H16ClFO2. The summed E-state index contributed by atoms with van der Waals surface area (Å²) in [5.41, 5.74) is 2.55. The minimum atomic E-state index is -0.682. The maximum Gasteiger partial charge on any atom is 0.141 e. The second-order valence-corrected chi connectivity index (χ2v) is 5.13. The van der Waals surface area contributed by atoms with E-state index in [0.29, 0.717) is 6.42 Å². The van der Waals surface area contributed by atoms with E-state index >= 15 is 0 Å². The Kier molecular flexibility index (Phi) is 3.97. The van der Waals surface area contributed by atoms with Crippen molar-refractivity contribution in [1.29, 1.82) is 0 Å². The molecule has 0 fully saturated rings. The average molecular weight is 283 g/mol. The molecule has 0 amide bonds. The Morgan fingerprint density at radius 2 is 1.95 bits per heavy atom. The summed E-state index contributed by atoms with van der Waals surface area (Å²) in [7, 11) is 0. The van der Waals surface area contributed by atoms with Crippen molar-refractivity contribution < 1.29 is 13.9 Å². The van der Waals surface area contributed by atoms with Crippen LogP contribution >= 0.6 is 11.6 Å². The Balaban J connectivity index is 2.25. The van der Waals surface area contributed by atoms with Crippen LogP contribution in [0, 0.1) is 26.6 Å². The molecule has 4 heteroatoms. The predicted octanol–water partition coefficient (Wildman–Crippen LogP) is 4.27. The summed E-state index contributed by atoms with van der Waals surface area (Å²) in [6.45, 7) is 5.62. The van der Waals surface area contributed by atoms with Crippen molar-refractivity contribution in [3.05, 3.63) is 57.2 Å². The molecule has 1 aromatic carbocycles. The molecule has 2 aromatic rings. The molecule has 102 valence electrons. The van der Waals surface area contributed by atoms with E-state index in [1.165, 1.54) is 12.1 Å². The summed E-state index contributed by atoms with van der Waals surface area (Å²) < 4.78 is 18.6. The first-order valence-corrected chi connectivity index (χ1v) is 6.46. The SMILES string of the molecule is Cc1oc(C)c(C(O)Cc2ccc(F)c(Cl)c2)c1C. The molecule has 0 saturated carbocycles. The van der Waals surface area contributed by atoms with Gasteiger partial charge < -0.3 is 9.52 Å². The van der Waals surface area contributed by atoms with Crippen LogP contribution in [-0.4, -0.2) is 5.11 Å². The Bertz CT molecular complexity index is 604. The van der Waals surface area contributed by atoms with E-state index in [0.717, 1.165) is 28.2 Å². The normalized spacial score (nSPS) is 12.7. The Hall–Kier alpha value is -1.32. The minimum absolute atomic E-state index is 0.0709. The van der Waals surface area contributed by atoms with Crippen LogP contribution in [0.25, 0.3) is 0 Å². The topological polar surface area (TPSA) is 33.4 Å². The van der Waals surface area contributed by atoms with Crippen molar-refractivity contribution in [3.8, 4) is 0 Å². The smallest absolute Gasteiger partial charge is 0.141 e. The second-order valence-electron chi connectivity index (χ2n) is 4.72. The highest BCUT2D eigenvalue weighted by atomic mass is 35.5. The largest absolute Gasteiger partial charge is 0.466 e. The van der Waals surface area contributed by atoms with Crippen LogP contribution in [0.15, 0.2) is 22.6 Å². The van der Waals surface area contributed by atoms with E-state index in [4.69, 9.17) is 16.0 Å². The number of aliphatic hydroxyl groups excluding tert-OH is 1. The number of halogens is 2. The first-order valence-electron chi connectivity index (χ1n) is 6.08. The van der Waals surface area contributed by atoms with Gasteiger partial charge in [0.05, 0.1) is 11.1 Å². The molecule has 2 rings (SSSR count). The van der Waals surface area contributed by atoms with Gasteiger partial charge in [0, 0.05) is 12.0 Å². The van der Waals surface area contributed by atoms with Gasteiger partial charge in [-0.3, -0.25) is 0 Å². The van der Waals surface area contributed by atoms with Crippen molar-refractivity contribution in [2.24, 2.45) is 0 Å². The van der Waals surface area contributed by atoms with E-state index in [2.05, 4.69) is 0 Å². The highest BCUT2D eigenvalue weighted by molar-refractivity contribution is 6.30. The molecule has 1 atom stereocenters. The quantitative estimate of drug-likeness (QED) is 0.912. The number of rotatable bonds is 3. The summed E-state index contributed by atoms with van der Waals surface area (Å²) in [4.78, 5) is 0. The summed E-state index contributed by atoms with van der Waals surface area (Å²) in [5.74, 6) is 1.07. The van der Waals surface area contributed by atoms with E-state index < -0.39 is 11.9 Å². The van der Waals surface area contributed by atoms with Gasteiger partial charge in [0.25, 0.3) is 0 Å². The van der Waals surface area contributed by atoms with Crippen LogP contribution < -0.4 is 0 Å². The average Bonchev–Trinajstić information content (AvgIpc) is 2.58. The Morgan fingerprint density at radius 1 is 1.26 bits per heavy atom. The van der Waals surface area contributed by atoms with Gasteiger partial charge >= 0.3 is 0 Å². The van der Waals surface area contributed by atoms with Crippen LogP contribution in [0.2, 0.25) is 5.02 Å². The molecule has 0 aliphatic carbocycles. The molecule has 1 heterocycles. The molecule has 0 aliphatic heterocycles. The molecular weight excluding hydrogens is 267 g/mol. The fourth-order valence-electron chi connectivity index (χ4n) is 2.29. The molecule has 1 unspecified atom stereocenters. The van der Waals surface area contributed by atoms with Crippen LogP contribution in [0.4, 0.5) is 4.39 Å². The fraction of sp³-hybridized carbons (Fsp3) is 0.333. The molecule has 1 N–H and O–H groups in total. The zero-order valence-electron chi connectivity index (χ0n) is 11.1. The van der Waals surface area contributed by atoms with Gasteiger partial charge in [0.15, 0.2) is 0 Å². The zero-order chi connectivity index (χ0) is 14.2. The molecule has 0 spiro atoms.